The second-order valence-corrected chi connectivity index (χ2v) is 6.81. The molecule has 0 aliphatic heterocycles. The number of nitrogens with zero attached hydrogens (tertiary/aromatic N) is 2. The van der Waals surface area contributed by atoms with E-state index in [0.29, 0.717) is 22.2 Å². The largest absolute Gasteiger partial charge is 0.319 e. The Balaban J connectivity index is 1.85. The van der Waals surface area contributed by atoms with Crippen molar-refractivity contribution in [1.82, 2.24) is 9.55 Å². The van der Waals surface area contributed by atoms with E-state index < -0.39 is 0 Å². The summed E-state index contributed by atoms with van der Waals surface area (Å²) in [4.78, 5) is 15.7. The van der Waals surface area contributed by atoms with Crippen molar-refractivity contribution in [1.29, 1.82) is 0 Å². The molecule has 5 heteroatoms. The number of fused-ring (bicyclic) bond motifs is 1. The maximum atomic E-state index is 10.9. The van der Waals surface area contributed by atoms with Crippen LogP contribution in [0.1, 0.15) is 15.9 Å². The SMILES string of the molecule is O=Cc1ccc(-c2nc3ccccc3n2Cc2ccc(Cl)c(Cl)c2)cc1. The van der Waals surface area contributed by atoms with E-state index in [1.165, 1.54) is 0 Å². The summed E-state index contributed by atoms with van der Waals surface area (Å²) in [5.74, 6) is 0.842. The molecule has 3 aromatic carbocycles. The number of halogens is 2. The summed E-state index contributed by atoms with van der Waals surface area (Å²) in [6.07, 6.45) is 0.836. The molecule has 26 heavy (non-hydrogen) atoms. The molecule has 0 aliphatic rings. The quantitative estimate of drug-likeness (QED) is 0.415. The summed E-state index contributed by atoms with van der Waals surface area (Å²) in [6, 6.07) is 21.1. The zero-order valence-corrected chi connectivity index (χ0v) is 15.2. The normalized spacial score (nSPS) is 11.0. The highest BCUT2D eigenvalue weighted by Gasteiger charge is 2.13. The first kappa shape index (κ1) is 16.8. The lowest BCUT2D eigenvalue weighted by Crippen LogP contribution is -2.02. The molecule has 4 rings (SSSR count). The molecule has 0 saturated heterocycles. The van der Waals surface area contributed by atoms with Crippen molar-refractivity contribution in [3.8, 4) is 11.4 Å². The molecule has 0 saturated carbocycles. The Morgan fingerprint density at radius 3 is 2.42 bits per heavy atom. The molecule has 128 valence electrons. The monoisotopic (exact) mass is 380 g/mol. The van der Waals surface area contributed by atoms with Gasteiger partial charge in [0.2, 0.25) is 0 Å². The second kappa shape index (κ2) is 6.94. The summed E-state index contributed by atoms with van der Waals surface area (Å²) < 4.78 is 2.14. The summed E-state index contributed by atoms with van der Waals surface area (Å²) in [7, 11) is 0. The summed E-state index contributed by atoms with van der Waals surface area (Å²) in [5, 5.41) is 1.07. The molecule has 0 bridgehead atoms. The fourth-order valence-corrected chi connectivity index (χ4v) is 3.31. The molecule has 0 unspecified atom stereocenters. The van der Waals surface area contributed by atoms with E-state index in [2.05, 4.69) is 4.57 Å². The average Bonchev–Trinajstić information content (AvgIpc) is 3.03. The number of para-hydroxylation sites is 2. The van der Waals surface area contributed by atoms with Crippen molar-refractivity contribution in [3.05, 3.63) is 87.9 Å². The van der Waals surface area contributed by atoms with Gasteiger partial charge in [-0.05, 0) is 29.8 Å². The minimum Gasteiger partial charge on any atom is -0.319 e. The number of hydrogen-bond acceptors (Lipinski definition) is 2. The van der Waals surface area contributed by atoms with Crippen LogP contribution < -0.4 is 0 Å². The van der Waals surface area contributed by atoms with Gasteiger partial charge in [0.25, 0.3) is 0 Å². The van der Waals surface area contributed by atoms with Crippen molar-refractivity contribution in [2.24, 2.45) is 0 Å². The lowest BCUT2D eigenvalue weighted by molar-refractivity contribution is 0.112. The van der Waals surface area contributed by atoms with Gasteiger partial charge < -0.3 is 4.57 Å². The van der Waals surface area contributed by atoms with Crippen LogP contribution >= 0.6 is 23.2 Å². The number of rotatable bonds is 4. The number of aromatic nitrogens is 2. The number of benzene rings is 3. The van der Waals surface area contributed by atoms with Crippen LogP contribution in [-0.4, -0.2) is 15.8 Å². The van der Waals surface area contributed by atoms with Crippen molar-refractivity contribution in [2.45, 2.75) is 6.54 Å². The van der Waals surface area contributed by atoms with E-state index in [0.717, 1.165) is 34.3 Å². The van der Waals surface area contributed by atoms with Crippen LogP contribution in [0, 0.1) is 0 Å². The topological polar surface area (TPSA) is 34.9 Å². The predicted octanol–water partition coefficient (Wildman–Crippen LogP) is 5.87. The molecule has 0 amide bonds. The predicted molar refractivity (Wildman–Crippen MR) is 106 cm³/mol. The van der Waals surface area contributed by atoms with E-state index in [9.17, 15) is 4.79 Å². The molecular formula is C21H14Cl2N2O. The van der Waals surface area contributed by atoms with Crippen LogP contribution in [-0.2, 0) is 6.54 Å². The molecule has 0 spiro atoms. The van der Waals surface area contributed by atoms with Gasteiger partial charge in [-0.2, -0.15) is 0 Å². The highest BCUT2D eigenvalue weighted by atomic mass is 35.5. The molecule has 4 aromatic rings. The molecule has 0 fully saturated rings. The third-order valence-electron chi connectivity index (χ3n) is 4.28. The van der Waals surface area contributed by atoms with Gasteiger partial charge in [0.05, 0.1) is 21.1 Å². The Kier molecular flexibility index (Phi) is 4.49. The third kappa shape index (κ3) is 3.12. The minimum absolute atomic E-state index is 0.533. The fraction of sp³-hybridized carbons (Fsp3) is 0.0476. The molecule has 0 aliphatic carbocycles. The standard InChI is InChI=1S/C21H14Cl2N2O/c22-17-10-7-15(11-18(17)23)12-25-20-4-2-1-3-19(20)24-21(25)16-8-5-14(13-26)6-9-16/h1-11,13H,12H2. The maximum absolute atomic E-state index is 10.9. The van der Waals surface area contributed by atoms with Crippen molar-refractivity contribution >= 4 is 40.5 Å². The van der Waals surface area contributed by atoms with E-state index in [4.69, 9.17) is 28.2 Å². The van der Waals surface area contributed by atoms with Crippen LogP contribution in [0.3, 0.4) is 0 Å². The number of hydrogen-bond donors (Lipinski definition) is 0. The van der Waals surface area contributed by atoms with Gasteiger partial charge in [-0.1, -0.05) is 65.7 Å². The Hall–Kier alpha value is -2.62. The average molecular weight is 381 g/mol. The lowest BCUT2D eigenvalue weighted by atomic mass is 10.1. The summed E-state index contributed by atoms with van der Waals surface area (Å²) in [6.45, 7) is 0.613. The molecule has 1 aromatic heterocycles. The van der Waals surface area contributed by atoms with E-state index in [1.54, 1.807) is 18.2 Å². The van der Waals surface area contributed by atoms with Crippen LogP contribution in [0.2, 0.25) is 10.0 Å². The lowest BCUT2D eigenvalue weighted by Gasteiger charge is -2.10. The fourth-order valence-electron chi connectivity index (χ4n) is 2.99. The van der Waals surface area contributed by atoms with Gasteiger partial charge in [-0.25, -0.2) is 4.98 Å². The van der Waals surface area contributed by atoms with Gasteiger partial charge in [0.15, 0.2) is 0 Å². The summed E-state index contributed by atoms with van der Waals surface area (Å²) in [5.41, 5.74) is 4.58. The minimum atomic E-state index is 0.533. The first-order valence-corrected chi connectivity index (χ1v) is 8.86. The smallest absolute Gasteiger partial charge is 0.150 e. The van der Waals surface area contributed by atoms with Crippen molar-refractivity contribution in [3.63, 3.8) is 0 Å². The van der Waals surface area contributed by atoms with Crippen molar-refractivity contribution < 1.29 is 4.79 Å². The molecular weight excluding hydrogens is 367 g/mol. The number of carbonyl (C=O) groups is 1. The first-order chi connectivity index (χ1) is 12.7. The van der Waals surface area contributed by atoms with Gasteiger partial charge >= 0.3 is 0 Å². The van der Waals surface area contributed by atoms with Gasteiger partial charge in [0.1, 0.15) is 12.1 Å². The van der Waals surface area contributed by atoms with Crippen LogP contribution in [0.4, 0.5) is 0 Å². The Morgan fingerprint density at radius 2 is 1.69 bits per heavy atom. The Morgan fingerprint density at radius 1 is 0.923 bits per heavy atom. The van der Waals surface area contributed by atoms with Gasteiger partial charge in [0, 0.05) is 17.7 Å². The van der Waals surface area contributed by atoms with E-state index in [1.807, 2.05) is 48.5 Å². The van der Waals surface area contributed by atoms with Crippen molar-refractivity contribution in [2.75, 3.05) is 0 Å². The Bertz CT molecular complexity index is 1100. The zero-order valence-electron chi connectivity index (χ0n) is 13.7. The molecule has 0 atom stereocenters. The van der Waals surface area contributed by atoms with E-state index in [-0.39, 0.29) is 0 Å². The van der Waals surface area contributed by atoms with Crippen LogP contribution in [0.25, 0.3) is 22.4 Å². The third-order valence-corrected chi connectivity index (χ3v) is 5.02. The Labute approximate surface area is 160 Å². The highest BCUT2D eigenvalue weighted by molar-refractivity contribution is 6.42. The molecule has 0 radical (unpaired) electrons. The first-order valence-electron chi connectivity index (χ1n) is 8.10. The number of imidazole rings is 1. The molecule has 3 nitrogen and oxygen atoms in total. The zero-order chi connectivity index (χ0) is 18.1. The van der Waals surface area contributed by atoms with Gasteiger partial charge in [-0.15, -0.1) is 0 Å². The second-order valence-electron chi connectivity index (χ2n) is 6.00. The molecule has 1 heterocycles. The highest BCUT2D eigenvalue weighted by Crippen LogP contribution is 2.28. The van der Waals surface area contributed by atoms with E-state index >= 15 is 0 Å². The van der Waals surface area contributed by atoms with Gasteiger partial charge in [-0.3, -0.25) is 4.79 Å². The number of aldehydes is 1. The number of carbonyl (C=O) groups excluding carboxylic acids is 1. The summed E-state index contributed by atoms with van der Waals surface area (Å²) >= 11 is 12.2. The molecule has 0 N–H and O–H groups in total. The van der Waals surface area contributed by atoms with Crippen LogP contribution in [0.5, 0.6) is 0 Å². The maximum Gasteiger partial charge on any atom is 0.150 e. The van der Waals surface area contributed by atoms with Crippen LogP contribution in [0.15, 0.2) is 66.7 Å².